The Morgan fingerprint density at radius 3 is 1.56 bits per heavy atom. The first kappa shape index (κ1) is 14.5. The van der Waals surface area contributed by atoms with Crippen LogP contribution in [0.3, 0.4) is 0 Å². The van der Waals surface area contributed by atoms with E-state index in [1.807, 2.05) is 0 Å². The van der Waals surface area contributed by atoms with Gasteiger partial charge >= 0.3 is 0 Å². The number of hydrogen-bond acceptors (Lipinski definition) is 3. The molecule has 0 aromatic rings. The van der Waals surface area contributed by atoms with E-state index >= 15 is 0 Å². The molecule has 0 aromatic heterocycles. The average molecular weight is 229 g/mol. The third kappa shape index (κ3) is 7.86. The van der Waals surface area contributed by atoms with Gasteiger partial charge in [0.05, 0.1) is 13.1 Å². The van der Waals surface area contributed by atoms with Crippen LogP contribution >= 0.6 is 0 Å². The highest BCUT2D eigenvalue weighted by Crippen LogP contribution is 1.97. The van der Waals surface area contributed by atoms with Crippen molar-refractivity contribution in [2.24, 2.45) is 32.9 Å². The SMILES string of the molecule is CC(C)N(CCN=C(N)N)CCN=C(N)N. The van der Waals surface area contributed by atoms with Gasteiger partial charge in [-0.05, 0) is 13.8 Å². The van der Waals surface area contributed by atoms with Crippen molar-refractivity contribution < 1.29 is 0 Å². The Hall–Kier alpha value is -1.50. The van der Waals surface area contributed by atoms with Gasteiger partial charge in [0.1, 0.15) is 0 Å². The summed E-state index contributed by atoms with van der Waals surface area (Å²) < 4.78 is 0. The fraction of sp³-hybridized carbons (Fsp3) is 0.778. The Morgan fingerprint density at radius 2 is 1.31 bits per heavy atom. The van der Waals surface area contributed by atoms with Gasteiger partial charge in [-0.25, -0.2) is 0 Å². The summed E-state index contributed by atoms with van der Waals surface area (Å²) in [6, 6.07) is 0.406. The lowest BCUT2D eigenvalue weighted by molar-refractivity contribution is 0.235. The van der Waals surface area contributed by atoms with Crippen LogP contribution in [-0.2, 0) is 0 Å². The zero-order chi connectivity index (χ0) is 12.6. The van der Waals surface area contributed by atoms with Gasteiger partial charge in [-0.2, -0.15) is 0 Å². The van der Waals surface area contributed by atoms with Crippen molar-refractivity contribution in [1.29, 1.82) is 0 Å². The van der Waals surface area contributed by atoms with Gasteiger partial charge in [-0.15, -0.1) is 0 Å². The number of nitrogens with two attached hydrogens (primary N) is 4. The summed E-state index contributed by atoms with van der Waals surface area (Å²) in [5.41, 5.74) is 21.0. The Balaban J connectivity index is 3.98. The molecule has 16 heavy (non-hydrogen) atoms. The minimum Gasteiger partial charge on any atom is -0.370 e. The number of nitrogens with zero attached hydrogens (tertiary/aromatic N) is 3. The third-order valence-electron chi connectivity index (χ3n) is 2.09. The summed E-state index contributed by atoms with van der Waals surface area (Å²) in [7, 11) is 0. The van der Waals surface area contributed by atoms with Gasteiger partial charge in [0, 0.05) is 19.1 Å². The van der Waals surface area contributed by atoms with Crippen LogP contribution in [0, 0.1) is 0 Å². The van der Waals surface area contributed by atoms with E-state index in [1.54, 1.807) is 0 Å². The molecule has 7 heteroatoms. The predicted molar refractivity (Wildman–Crippen MR) is 68.1 cm³/mol. The maximum Gasteiger partial charge on any atom is 0.185 e. The minimum absolute atomic E-state index is 0.118. The van der Waals surface area contributed by atoms with Crippen LogP contribution in [0.15, 0.2) is 9.98 Å². The van der Waals surface area contributed by atoms with Crippen LogP contribution < -0.4 is 22.9 Å². The fourth-order valence-electron chi connectivity index (χ4n) is 1.24. The van der Waals surface area contributed by atoms with Crippen molar-refractivity contribution in [3.8, 4) is 0 Å². The number of hydrogen-bond donors (Lipinski definition) is 4. The molecule has 0 aromatic carbocycles. The zero-order valence-corrected chi connectivity index (χ0v) is 10.1. The summed E-state index contributed by atoms with van der Waals surface area (Å²) in [6.07, 6.45) is 0. The quantitative estimate of drug-likeness (QED) is 0.303. The molecule has 0 spiro atoms. The zero-order valence-electron chi connectivity index (χ0n) is 10.1. The Kier molecular flexibility index (Phi) is 7.02. The molecule has 0 saturated carbocycles. The number of rotatable bonds is 7. The van der Waals surface area contributed by atoms with E-state index in [0.29, 0.717) is 19.1 Å². The lowest BCUT2D eigenvalue weighted by Crippen LogP contribution is -2.36. The van der Waals surface area contributed by atoms with Gasteiger partial charge in [-0.3, -0.25) is 14.9 Å². The van der Waals surface area contributed by atoms with Crippen molar-refractivity contribution >= 4 is 11.9 Å². The Morgan fingerprint density at radius 1 is 0.938 bits per heavy atom. The first-order valence-electron chi connectivity index (χ1n) is 5.28. The van der Waals surface area contributed by atoms with Gasteiger partial charge in [0.25, 0.3) is 0 Å². The highest BCUT2D eigenvalue weighted by atomic mass is 15.2. The Labute approximate surface area is 96.6 Å². The van der Waals surface area contributed by atoms with E-state index in [0.717, 1.165) is 13.1 Å². The third-order valence-corrected chi connectivity index (χ3v) is 2.09. The van der Waals surface area contributed by atoms with Gasteiger partial charge in [-0.1, -0.05) is 0 Å². The van der Waals surface area contributed by atoms with E-state index < -0.39 is 0 Å². The first-order chi connectivity index (χ1) is 7.43. The van der Waals surface area contributed by atoms with Crippen molar-refractivity contribution in [3.63, 3.8) is 0 Å². The van der Waals surface area contributed by atoms with E-state index in [1.165, 1.54) is 0 Å². The molecule has 7 nitrogen and oxygen atoms in total. The maximum absolute atomic E-state index is 5.25. The summed E-state index contributed by atoms with van der Waals surface area (Å²) >= 11 is 0. The van der Waals surface area contributed by atoms with Crippen LogP contribution in [0.5, 0.6) is 0 Å². The second-order valence-electron chi connectivity index (χ2n) is 3.74. The average Bonchev–Trinajstić information content (AvgIpc) is 2.14. The molecule has 94 valence electrons. The lowest BCUT2D eigenvalue weighted by atomic mass is 10.3. The largest absolute Gasteiger partial charge is 0.370 e. The molecule has 0 atom stereocenters. The normalized spacial score (nSPS) is 10.5. The van der Waals surface area contributed by atoms with Crippen LogP contribution in [0.2, 0.25) is 0 Å². The molecule has 0 saturated heterocycles. The topological polar surface area (TPSA) is 132 Å². The van der Waals surface area contributed by atoms with Gasteiger partial charge in [0.2, 0.25) is 0 Å². The second kappa shape index (κ2) is 7.75. The first-order valence-corrected chi connectivity index (χ1v) is 5.28. The molecule has 0 rings (SSSR count). The molecule has 0 amide bonds. The molecule has 0 aliphatic heterocycles. The standard InChI is InChI=1S/C9H23N7/c1-7(2)16(5-3-14-8(10)11)6-4-15-9(12)13/h7H,3-6H2,1-2H3,(H4,10,11,14)(H4,12,13,15). The van der Waals surface area contributed by atoms with E-state index in [9.17, 15) is 0 Å². The summed E-state index contributed by atoms with van der Waals surface area (Å²) in [5.74, 6) is 0.237. The van der Waals surface area contributed by atoms with Crippen molar-refractivity contribution in [3.05, 3.63) is 0 Å². The molecule has 0 aliphatic carbocycles. The van der Waals surface area contributed by atoms with E-state index in [-0.39, 0.29) is 11.9 Å². The molecule has 0 radical (unpaired) electrons. The molecule has 0 unspecified atom stereocenters. The molecular formula is C9H23N7. The molecule has 0 aliphatic rings. The van der Waals surface area contributed by atoms with Crippen molar-refractivity contribution in [2.45, 2.75) is 19.9 Å². The minimum atomic E-state index is 0.118. The smallest absolute Gasteiger partial charge is 0.185 e. The predicted octanol–water partition coefficient (Wildman–Crippen LogP) is -1.76. The van der Waals surface area contributed by atoms with Crippen LogP contribution in [0.25, 0.3) is 0 Å². The fourth-order valence-corrected chi connectivity index (χ4v) is 1.24. The summed E-state index contributed by atoms with van der Waals surface area (Å²) in [6.45, 7) is 6.95. The Bertz CT molecular complexity index is 216. The highest BCUT2D eigenvalue weighted by Gasteiger charge is 2.07. The lowest BCUT2D eigenvalue weighted by Gasteiger charge is -2.24. The maximum atomic E-state index is 5.25. The van der Waals surface area contributed by atoms with Crippen LogP contribution in [0.4, 0.5) is 0 Å². The van der Waals surface area contributed by atoms with Crippen LogP contribution in [-0.4, -0.2) is 49.0 Å². The summed E-state index contributed by atoms with van der Waals surface area (Å²) in [4.78, 5) is 10.1. The van der Waals surface area contributed by atoms with Crippen molar-refractivity contribution in [1.82, 2.24) is 4.90 Å². The monoisotopic (exact) mass is 229 g/mol. The van der Waals surface area contributed by atoms with Crippen LogP contribution in [0.1, 0.15) is 13.8 Å². The van der Waals surface area contributed by atoms with Gasteiger partial charge in [0.15, 0.2) is 11.9 Å². The number of guanidine groups is 2. The molecule has 8 N–H and O–H groups in total. The van der Waals surface area contributed by atoms with Crippen molar-refractivity contribution in [2.75, 3.05) is 26.2 Å². The second-order valence-corrected chi connectivity index (χ2v) is 3.74. The highest BCUT2D eigenvalue weighted by molar-refractivity contribution is 5.75. The van der Waals surface area contributed by atoms with Gasteiger partial charge < -0.3 is 22.9 Å². The van der Waals surface area contributed by atoms with E-state index in [4.69, 9.17) is 22.9 Å². The molecule has 0 bridgehead atoms. The summed E-state index contributed by atoms with van der Waals surface area (Å²) in [5, 5.41) is 0. The number of aliphatic imine (C=N–C) groups is 2. The van der Waals surface area contributed by atoms with E-state index in [2.05, 4.69) is 28.7 Å². The molecule has 0 heterocycles. The molecular weight excluding hydrogens is 206 g/mol. The molecule has 0 fully saturated rings.